The summed E-state index contributed by atoms with van der Waals surface area (Å²) in [7, 11) is 1.47. The number of carbonyl (C=O) groups excluding carboxylic acids is 2. The molecule has 0 aliphatic carbocycles. The number of esters is 2. The van der Waals surface area contributed by atoms with Crippen LogP contribution in [0.3, 0.4) is 0 Å². The predicted octanol–water partition coefficient (Wildman–Crippen LogP) is 8.68. The van der Waals surface area contributed by atoms with Crippen LogP contribution in [0.1, 0.15) is 142 Å². The Balaban J connectivity index is 4.44. The third kappa shape index (κ3) is 30.8. The number of likely N-dealkylation sites (N-methyl/N-ethyl adjacent to an activating group) is 1. The lowest BCUT2D eigenvalue weighted by Crippen LogP contribution is -2.37. The molecule has 10 heteroatoms. The van der Waals surface area contributed by atoms with Gasteiger partial charge < -0.3 is 18.9 Å². The van der Waals surface area contributed by atoms with E-state index >= 15 is 0 Å². The van der Waals surface area contributed by atoms with Crippen molar-refractivity contribution in [1.29, 1.82) is 0 Å². The fourth-order valence-electron chi connectivity index (χ4n) is 4.48. The van der Waals surface area contributed by atoms with Crippen LogP contribution >= 0.6 is 7.82 Å². The molecule has 0 spiro atoms. The van der Waals surface area contributed by atoms with Gasteiger partial charge in [0.1, 0.15) is 19.8 Å². The first-order valence-electron chi connectivity index (χ1n) is 17.4. The maximum Gasteiger partial charge on any atom is 0.472 e. The molecule has 2 atom stereocenters. The minimum atomic E-state index is -4.35. The number of hydrogen-bond donors (Lipinski definition) is 1. The molecule has 9 nitrogen and oxygen atoms in total. The van der Waals surface area contributed by atoms with Gasteiger partial charge in [0.05, 0.1) is 27.7 Å². The third-order valence-corrected chi connectivity index (χ3v) is 8.28. The highest BCUT2D eigenvalue weighted by atomic mass is 31.2. The average molecular weight is 649 g/mol. The van der Waals surface area contributed by atoms with E-state index in [9.17, 15) is 19.0 Å². The van der Waals surface area contributed by atoms with Crippen LogP contribution in [0.5, 0.6) is 0 Å². The molecule has 44 heavy (non-hydrogen) atoms. The highest BCUT2D eigenvalue weighted by molar-refractivity contribution is 7.47. The van der Waals surface area contributed by atoms with Crippen LogP contribution in [0.25, 0.3) is 0 Å². The number of nitrogens with zero attached hydrogens (tertiary/aromatic N) is 1. The molecule has 1 N–H and O–H groups in total. The van der Waals surface area contributed by atoms with Crippen LogP contribution in [0.2, 0.25) is 0 Å². The standard InChI is InChI=1S/C34H66NO8P/c1-6-8-10-12-14-15-16-17-18-19-21-22-24-26-33(36)40-30-32(31-42-44(38,39)41-29-28-35(3,4)5)43-34(37)27-25-23-20-13-11-9-7-2/h15-16,32H,6-14,17-31H2,1-5H3/p+1/b16-15+/t32-/m0/s1. The number of rotatable bonds is 31. The summed E-state index contributed by atoms with van der Waals surface area (Å²) in [6.45, 7) is 4.32. The van der Waals surface area contributed by atoms with Crippen molar-refractivity contribution in [3.05, 3.63) is 12.2 Å². The fraction of sp³-hybridized carbons (Fsp3) is 0.882. The van der Waals surface area contributed by atoms with E-state index in [2.05, 4.69) is 26.0 Å². The van der Waals surface area contributed by atoms with Crippen LogP contribution in [-0.4, -0.2) is 74.9 Å². The van der Waals surface area contributed by atoms with E-state index in [1.165, 1.54) is 51.4 Å². The Bertz CT molecular complexity index is 784. The summed E-state index contributed by atoms with van der Waals surface area (Å²) in [4.78, 5) is 34.9. The highest BCUT2D eigenvalue weighted by Gasteiger charge is 2.27. The molecule has 0 amide bonds. The van der Waals surface area contributed by atoms with Crippen LogP contribution in [0.15, 0.2) is 12.2 Å². The van der Waals surface area contributed by atoms with Gasteiger partial charge in [0.25, 0.3) is 0 Å². The Hall–Kier alpha value is -1.25. The molecule has 0 rings (SSSR count). The molecule has 0 aromatic heterocycles. The number of unbranched alkanes of at least 4 members (excludes halogenated alkanes) is 15. The van der Waals surface area contributed by atoms with E-state index in [4.69, 9.17) is 18.5 Å². The molecule has 0 saturated heterocycles. The van der Waals surface area contributed by atoms with Gasteiger partial charge in [-0.2, -0.15) is 0 Å². The molecule has 0 heterocycles. The monoisotopic (exact) mass is 648 g/mol. The topological polar surface area (TPSA) is 108 Å². The first-order valence-corrected chi connectivity index (χ1v) is 18.9. The first-order chi connectivity index (χ1) is 21.0. The Morgan fingerprint density at radius 1 is 0.682 bits per heavy atom. The Labute approximate surface area is 269 Å². The van der Waals surface area contributed by atoms with Crippen LogP contribution in [0.4, 0.5) is 0 Å². The summed E-state index contributed by atoms with van der Waals surface area (Å²) in [6.07, 6.45) is 24.2. The largest absolute Gasteiger partial charge is 0.472 e. The lowest BCUT2D eigenvalue weighted by atomic mass is 10.1. The molecular formula is C34H67NO8P+. The summed E-state index contributed by atoms with van der Waals surface area (Å²) in [5, 5.41) is 0. The summed E-state index contributed by atoms with van der Waals surface area (Å²) in [5.74, 6) is -0.816. The Morgan fingerprint density at radius 3 is 1.70 bits per heavy atom. The molecule has 0 radical (unpaired) electrons. The number of phosphoric acid groups is 1. The van der Waals surface area contributed by atoms with Gasteiger partial charge in [-0.05, 0) is 38.5 Å². The van der Waals surface area contributed by atoms with E-state index in [-0.39, 0.29) is 32.0 Å². The van der Waals surface area contributed by atoms with Crippen molar-refractivity contribution in [3.63, 3.8) is 0 Å². The van der Waals surface area contributed by atoms with E-state index in [0.717, 1.165) is 57.8 Å². The average Bonchev–Trinajstić information content (AvgIpc) is 2.95. The SMILES string of the molecule is CCCCCC/C=C/CCCCCCCC(=O)OC[C@@H](COP(=O)(O)OCC[N+](C)(C)C)OC(=O)CCCCCCCCC. The van der Waals surface area contributed by atoms with Crippen molar-refractivity contribution >= 4 is 19.8 Å². The quantitative estimate of drug-likeness (QED) is 0.0262. The number of carbonyl (C=O) groups is 2. The van der Waals surface area contributed by atoms with Gasteiger partial charge in [0.15, 0.2) is 6.10 Å². The van der Waals surface area contributed by atoms with Crippen molar-refractivity contribution in [2.24, 2.45) is 0 Å². The van der Waals surface area contributed by atoms with Crippen molar-refractivity contribution < 1.29 is 42.1 Å². The van der Waals surface area contributed by atoms with E-state index in [1.54, 1.807) is 0 Å². The minimum Gasteiger partial charge on any atom is -0.462 e. The molecule has 0 aliphatic rings. The lowest BCUT2D eigenvalue weighted by Gasteiger charge is -2.24. The minimum absolute atomic E-state index is 0.0325. The second kappa shape index (κ2) is 28.0. The summed E-state index contributed by atoms with van der Waals surface area (Å²) in [6, 6.07) is 0. The number of phosphoric ester groups is 1. The number of allylic oxidation sites excluding steroid dienone is 2. The predicted molar refractivity (Wildman–Crippen MR) is 178 cm³/mol. The molecule has 0 saturated carbocycles. The summed E-state index contributed by atoms with van der Waals surface area (Å²) >= 11 is 0. The highest BCUT2D eigenvalue weighted by Crippen LogP contribution is 2.43. The molecule has 0 aromatic carbocycles. The zero-order chi connectivity index (χ0) is 32.9. The van der Waals surface area contributed by atoms with E-state index in [0.29, 0.717) is 17.4 Å². The first kappa shape index (κ1) is 42.8. The second-order valence-corrected chi connectivity index (χ2v) is 14.4. The van der Waals surface area contributed by atoms with Gasteiger partial charge in [-0.15, -0.1) is 0 Å². The van der Waals surface area contributed by atoms with Gasteiger partial charge in [0.2, 0.25) is 0 Å². The molecule has 260 valence electrons. The van der Waals surface area contributed by atoms with E-state index < -0.39 is 26.5 Å². The molecule has 0 aliphatic heterocycles. The van der Waals surface area contributed by atoms with Crippen molar-refractivity contribution in [2.45, 2.75) is 148 Å². The number of hydrogen-bond acceptors (Lipinski definition) is 7. The van der Waals surface area contributed by atoms with Crippen LogP contribution in [0, 0.1) is 0 Å². The summed E-state index contributed by atoms with van der Waals surface area (Å²) in [5.41, 5.74) is 0. The molecule has 0 bridgehead atoms. The van der Waals surface area contributed by atoms with Crippen molar-refractivity contribution in [1.82, 2.24) is 0 Å². The zero-order valence-electron chi connectivity index (χ0n) is 28.9. The third-order valence-electron chi connectivity index (χ3n) is 7.30. The van der Waals surface area contributed by atoms with Gasteiger partial charge in [-0.1, -0.05) is 103 Å². The Kier molecular flexibility index (Phi) is 27.2. The number of quaternary nitrogens is 1. The van der Waals surface area contributed by atoms with Crippen LogP contribution < -0.4 is 0 Å². The lowest BCUT2D eigenvalue weighted by molar-refractivity contribution is -0.870. The summed E-state index contributed by atoms with van der Waals surface area (Å²) < 4.78 is 33.9. The van der Waals surface area contributed by atoms with Crippen molar-refractivity contribution in [2.75, 3.05) is 47.5 Å². The molecule has 0 aromatic rings. The molecule has 1 unspecified atom stereocenters. The normalized spacial score (nSPS) is 14.0. The van der Waals surface area contributed by atoms with Crippen molar-refractivity contribution in [3.8, 4) is 0 Å². The number of ether oxygens (including phenoxy) is 2. The molecule has 0 fully saturated rings. The van der Waals surface area contributed by atoms with Gasteiger partial charge in [-0.25, -0.2) is 4.57 Å². The Morgan fingerprint density at radius 2 is 1.16 bits per heavy atom. The maximum absolute atomic E-state index is 12.5. The van der Waals surface area contributed by atoms with Gasteiger partial charge in [0, 0.05) is 12.8 Å². The van der Waals surface area contributed by atoms with Gasteiger partial charge in [-0.3, -0.25) is 18.6 Å². The van der Waals surface area contributed by atoms with Gasteiger partial charge >= 0.3 is 19.8 Å². The fourth-order valence-corrected chi connectivity index (χ4v) is 5.22. The maximum atomic E-state index is 12.5. The van der Waals surface area contributed by atoms with Crippen LogP contribution in [-0.2, 0) is 32.7 Å². The molecular weight excluding hydrogens is 581 g/mol. The van der Waals surface area contributed by atoms with E-state index in [1.807, 2.05) is 21.1 Å². The zero-order valence-corrected chi connectivity index (χ0v) is 29.8. The smallest absolute Gasteiger partial charge is 0.462 e. The second-order valence-electron chi connectivity index (χ2n) is 12.9.